The van der Waals surface area contributed by atoms with E-state index in [1.807, 2.05) is 0 Å². The van der Waals surface area contributed by atoms with Gasteiger partial charge in [-0.25, -0.2) is 0 Å². The summed E-state index contributed by atoms with van der Waals surface area (Å²) >= 11 is 0. The third-order valence-corrected chi connectivity index (χ3v) is 3.93. The second-order valence-corrected chi connectivity index (χ2v) is 4.57. The summed E-state index contributed by atoms with van der Waals surface area (Å²) in [6, 6.07) is 0. The van der Waals surface area contributed by atoms with E-state index in [9.17, 15) is 5.11 Å². The van der Waals surface area contributed by atoms with Gasteiger partial charge in [0, 0.05) is 0 Å². The van der Waals surface area contributed by atoms with Crippen molar-refractivity contribution in [1.29, 1.82) is 0 Å². The number of aliphatic hydroxyl groups excluding tert-OH is 1. The Kier molecular flexibility index (Phi) is 3.16. The van der Waals surface area contributed by atoms with Gasteiger partial charge in [0.25, 0.3) is 0 Å². The molecule has 1 rings (SSSR count). The van der Waals surface area contributed by atoms with Gasteiger partial charge in [-0.2, -0.15) is 0 Å². The molecular weight excluding hydrogens is 148 g/mol. The van der Waals surface area contributed by atoms with Crippen LogP contribution in [0.25, 0.3) is 0 Å². The van der Waals surface area contributed by atoms with Gasteiger partial charge in [-0.05, 0) is 30.1 Å². The summed E-state index contributed by atoms with van der Waals surface area (Å²) in [5.41, 5.74) is 0. The van der Waals surface area contributed by atoms with Crippen molar-refractivity contribution in [3.63, 3.8) is 0 Å². The summed E-state index contributed by atoms with van der Waals surface area (Å²) < 4.78 is 0. The van der Waals surface area contributed by atoms with Crippen molar-refractivity contribution in [2.45, 2.75) is 46.6 Å². The Morgan fingerprint density at radius 2 is 1.75 bits per heavy atom. The molecule has 1 N–H and O–H groups in total. The van der Waals surface area contributed by atoms with Crippen molar-refractivity contribution >= 4 is 0 Å². The monoisotopic (exact) mass is 170 g/mol. The van der Waals surface area contributed by atoms with Crippen LogP contribution in [-0.2, 0) is 0 Å². The number of hydrogen-bond donors (Lipinski definition) is 1. The van der Waals surface area contributed by atoms with Gasteiger partial charge in [0.05, 0.1) is 6.10 Å². The van der Waals surface area contributed by atoms with Crippen molar-refractivity contribution in [3.05, 3.63) is 0 Å². The zero-order chi connectivity index (χ0) is 9.30. The molecule has 0 aromatic carbocycles. The third-order valence-electron chi connectivity index (χ3n) is 3.93. The van der Waals surface area contributed by atoms with Gasteiger partial charge in [-0.15, -0.1) is 0 Å². The fourth-order valence-electron chi connectivity index (χ4n) is 2.80. The predicted octanol–water partition coefficient (Wildman–Crippen LogP) is 2.69. The molecule has 0 amide bonds. The van der Waals surface area contributed by atoms with E-state index in [1.54, 1.807) is 0 Å². The highest BCUT2D eigenvalue weighted by molar-refractivity contribution is 4.85. The Morgan fingerprint density at radius 1 is 1.17 bits per heavy atom. The minimum absolute atomic E-state index is 0.0576. The average Bonchev–Trinajstić information content (AvgIpc) is 2.01. The second kappa shape index (κ2) is 3.78. The maximum absolute atomic E-state index is 9.73. The van der Waals surface area contributed by atoms with E-state index in [-0.39, 0.29) is 6.10 Å². The first-order valence-corrected chi connectivity index (χ1v) is 5.26. The highest BCUT2D eigenvalue weighted by atomic mass is 16.3. The lowest BCUT2D eigenvalue weighted by Gasteiger charge is -2.41. The van der Waals surface area contributed by atoms with Crippen LogP contribution in [0.1, 0.15) is 40.5 Å². The third kappa shape index (κ3) is 1.66. The number of hydrogen-bond acceptors (Lipinski definition) is 1. The fraction of sp³-hybridized carbons (Fsp3) is 1.00. The molecule has 1 aliphatic carbocycles. The molecule has 0 aliphatic heterocycles. The lowest BCUT2D eigenvalue weighted by atomic mass is 9.66. The van der Waals surface area contributed by atoms with Crippen molar-refractivity contribution in [2.75, 3.05) is 0 Å². The first kappa shape index (κ1) is 10.0. The summed E-state index contributed by atoms with van der Waals surface area (Å²) in [5, 5.41) is 9.73. The molecule has 0 bridgehead atoms. The quantitative estimate of drug-likeness (QED) is 0.641. The Morgan fingerprint density at radius 3 is 2.25 bits per heavy atom. The molecule has 0 saturated heterocycles. The molecule has 0 aromatic heterocycles. The minimum atomic E-state index is -0.0576. The molecule has 0 spiro atoms. The Bertz CT molecular complexity index is 144. The molecule has 0 heterocycles. The Balaban J connectivity index is 2.65. The minimum Gasteiger partial charge on any atom is -0.393 e. The summed E-state index contributed by atoms with van der Waals surface area (Å²) in [4.78, 5) is 0. The van der Waals surface area contributed by atoms with Crippen LogP contribution < -0.4 is 0 Å². The molecule has 5 atom stereocenters. The van der Waals surface area contributed by atoms with E-state index in [0.29, 0.717) is 17.8 Å². The second-order valence-electron chi connectivity index (χ2n) is 4.57. The molecule has 12 heavy (non-hydrogen) atoms. The molecule has 0 radical (unpaired) electrons. The highest BCUT2D eigenvalue weighted by Crippen LogP contribution is 2.39. The molecule has 1 fully saturated rings. The van der Waals surface area contributed by atoms with Crippen LogP contribution in [0.2, 0.25) is 0 Å². The SMILES string of the molecule is CCC1C(C)CC(O)C(C)C1C. The van der Waals surface area contributed by atoms with Gasteiger partial charge in [0.15, 0.2) is 0 Å². The maximum atomic E-state index is 9.73. The largest absolute Gasteiger partial charge is 0.393 e. The summed E-state index contributed by atoms with van der Waals surface area (Å²) in [7, 11) is 0. The lowest BCUT2D eigenvalue weighted by Crippen LogP contribution is -2.39. The lowest BCUT2D eigenvalue weighted by molar-refractivity contribution is -0.0128. The van der Waals surface area contributed by atoms with Gasteiger partial charge >= 0.3 is 0 Å². The van der Waals surface area contributed by atoms with Crippen LogP contribution in [0.4, 0.5) is 0 Å². The summed E-state index contributed by atoms with van der Waals surface area (Å²) in [6.45, 7) is 9.02. The van der Waals surface area contributed by atoms with Gasteiger partial charge < -0.3 is 5.11 Å². The number of aliphatic hydroxyl groups is 1. The molecule has 72 valence electrons. The van der Waals surface area contributed by atoms with E-state index in [1.165, 1.54) is 6.42 Å². The van der Waals surface area contributed by atoms with E-state index >= 15 is 0 Å². The standard InChI is InChI=1S/C11H22O/c1-5-10-7(2)6-11(12)9(4)8(10)3/h7-12H,5-6H2,1-4H3. The topological polar surface area (TPSA) is 20.2 Å². The zero-order valence-corrected chi connectivity index (χ0v) is 8.75. The van der Waals surface area contributed by atoms with E-state index < -0.39 is 0 Å². The van der Waals surface area contributed by atoms with Crippen molar-refractivity contribution in [3.8, 4) is 0 Å². The first-order valence-electron chi connectivity index (χ1n) is 5.26. The van der Waals surface area contributed by atoms with Crippen molar-refractivity contribution in [2.24, 2.45) is 23.7 Å². The van der Waals surface area contributed by atoms with Crippen LogP contribution >= 0.6 is 0 Å². The smallest absolute Gasteiger partial charge is 0.0571 e. The highest BCUT2D eigenvalue weighted by Gasteiger charge is 2.36. The van der Waals surface area contributed by atoms with Crippen molar-refractivity contribution < 1.29 is 5.11 Å². The molecule has 1 saturated carbocycles. The Hall–Kier alpha value is -0.0400. The average molecular weight is 170 g/mol. The van der Waals surface area contributed by atoms with Gasteiger partial charge in [-0.1, -0.05) is 34.1 Å². The van der Waals surface area contributed by atoms with E-state index in [2.05, 4.69) is 27.7 Å². The first-order chi connectivity index (χ1) is 5.57. The van der Waals surface area contributed by atoms with Gasteiger partial charge in [0.1, 0.15) is 0 Å². The van der Waals surface area contributed by atoms with Crippen LogP contribution in [0.3, 0.4) is 0 Å². The van der Waals surface area contributed by atoms with Crippen LogP contribution in [0.15, 0.2) is 0 Å². The van der Waals surface area contributed by atoms with E-state index in [0.717, 1.165) is 12.3 Å². The maximum Gasteiger partial charge on any atom is 0.0571 e. The molecule has 0 aromatic rings. The van der Waals surface area contributed by atoms with Crippen molar-refractivity contribution in [1.82, 2.24) is 0 Å². The molecule has 1 nitrogen and oxygen atoms in total. The zero-order valence-electron chi connectivity index (χ0n) is 8.75. The molecular formula is C11H22O. The summed E-state index contributed by atoms with van der Waals surface area (Å²) in [6.07, 6.45) is 2.21. The molecule has 5 unspecified atom stereocenters. The number of rotatable bonds is 1. The normalized spacial score (nSPS) is 49.2. The van der Waals surface area contributed by atoms with Crippen LogP contribution in [0.5, 0.6) is 0 Å². The summed E-state index contributed by atoms with van der Waals surface area (Å²) in [5.74, 6) is 2.71. The van der Waals surface area contributed by atoms with Crippen LogP contribution in [-0.4, -0.2) is 11.2 Å². The van der Waals surface area contributed by atoms with Gasteiger partial charge in [-0.3, -0.25) is 0 Å². The molecule has 1 heteroatoms. The predicted molar refractivity (Wildman–Crippen MR) is 51.9 cm³/mol. The fourth-order valence-corrected chi connectivity index (χ4v) is 2.80. The van der Waals surface area contributed by atoms with E-state index in [4.69, 9.17) is 0 Å². The Labute approximate surface area is 76.2 Å². The van der Waals surface area contributed by atoms with Crippen LogP contribution in [0, 0.1) is 23.7 Å². The van der Waals surface area contributed by atoms with Gasteiger partial charge in [0.2, 0.25) is 0 Å². The molecule has 1 aliphatic rings.